The number of carboxylic acids is 1. The van der Waals surface area contributed by atoms with E-state index in [2.05, 4.69) is 43.2 Å². The number of rotatable bonds is 11. The monoisotopic (exact) mass is 525 g/mol. The second-order valence-corrected chi connectivity index (χ2v) is 9.57. The lowest BCUT2D eigenvalue weighted by molar-refractivity contribution is -0.137. The molecule has 1 atom stereocenters. The van der Waals surface area contributed by atoms with Crippen molar-refractivity contribution in [2.24, 2.45) is 11.8 Å². The van der Waals surface area contributed by atoms with Crippen molar-refractivity contribution < 1.29 is 14.7 Å². The van der Waals surface area contributed by atoms with E-state index in [0.717, 1.165) is 35.6 Å². The van der Waals surface area contributed by atoms with Crippen molar-refractivity contribution in [3.05, 3.63) is 53.6 Å². The van der Waals surface area contributed by atoms with Gasteiger partial charge in [0, 0.05) is 18.8 Å². The fourth-order valence-corrected chi connectivity index (χ4v) is 4.03. The van der Waals surface area contributed by atoms with Gasteiger partial charge in [0.05, 0.1) is 17.8 Å². The lowest BCUT2D eigenvalue weighted by Crippen LogP contribution is -2.32. The molecular formula is C27H41Cl2N3O3. The van der Waals surface area contributed by atoms with Gasteiger partial charge in [0.15, 0.2) is 0 Å². The summed E-state index contributed by atoms with van der Waals surface area (Å²) in [6.45, 7) is 14.4. The maximum atomic E-state index is 12.9. The van der Waals surface area contributed by atoms with E-state index in [-0.39, 0.29) is 43.2 Å². The van der Waals surface area contributed by atoms with E-state index in [9.17, 15) is 14.7 Å². The fourth-order valence-electron chi connectivity index (χ4n) is 4.03. The second-order valence-electron chi connectivity index (χ2n) is 9.57. The van der Waals surface area contributed by atoms with Gasteiger partial charge >= 0.3 is 12.0 Å². The average Bonchev–Trinajstić information content (AvgIpc) is 2.72. The molecule has 6 nitrogen and oxygen atoms in total. The molecule has 0 saturated heterocycles. The van der Waals surface area contributed by atoms with Crippen molar-refractivity contribution >= 4 is 53.9 Å². The average molecular weight is 527 g/mol. The molecule has 0 heterocycles. The summed E-state index contributed by atoms with van der Waals surface area (Å²) < 4.78 is 0. The molecule has 0 aliphatic carbocycles. The molecule has 0 aliphatic heterocycles. The number of carbonyl (C=O) groups is 2. The minimum atomic E-state index is -0.820. The Labute approximate surface area is 222 Å². The molecule has 3 N–H and O–H groups in total. The third-order valence-electron chi connectivity index (χ3n) is 5.56. The Bertz CT molecular complexity index is 941. The summed E-state index contributed by atoms with van der Waals surface area (Å²) in [4.78, 5) is 26.6. The Morgan fingerprint density at radius 3 is 2.00 bits per heavy atom. The van der Waals surface area contributed by atoms with Gasteiger partial charge in [-0.05, 0) is 60.4 Å². The molecule has 8 heteroatoms. The first kappa shape index (κ1) is 32.6. The molecule has 0 bridgehead atoms. The number of nitrogens with zero attached hydrogens (tertiary/aromatic N) is 1. The molecule has 2 aromatic carbocycles. The number of para-hydroxylation sites is 1. The molecule has 0 aromatic heterocycles. The van der Waals surface area contributed by atoms with Crippen LogP contribution in [0.2, 0.25) is 0 Å². The van der Waals surface area contributed by atoms with Crippen LogP contribution >= 0.6 is 24.8 Å². The van der Waals surface area contributed by atoms with Gasteiger partial charge in [-0.1, -0.05) is 58.9 Å². The van der Waals surface area contributed by atoms with Gasteiger partial charge < -0.3 is 20.6 Å². The van der Waals surface area contributed by atoms with Gasteiger partial charge in [0.25, 0.3) is 0 Å². The van der Waals surface area contributed by atoms with E-state index < -0.39 is 5.97 Å². The van der Waals surface area contributed by atoms with Crippen LogP contribution in [0.15, 0.2) is 42.5 Å². The molecule has 0 aliphatic rings. The number of urea groups is 1. The van der Waals surface area contributed by atoms with E-state index >= 15 is 0 Å². The summed E-state index contributed by atoms with van der Waals surface area (Å²) in [6.07, 6.45) is 0.772. The zero-order valence-corrected chi connectivity index (χ0v) is 23.3. The maximum absolute atomic E-state index is 12.9. The predicted molar refractivity (Wildman–Crippen MR) is 152 cm³/mol. The molecule has 2 rings (SSSR count). The molecule has 196 valence electrons. The number of hydrogen-bond donors (Lipinski definition) is 3. The number of anilines is 3. The molecule has 0 saturated carbocycles. The molecule has 2 aromatic rings. The van der Waals surface area contributed by atoms with E-state index in [0.29, 0.717) is 23.9 Å². The van der Waals surface area contributed by atoms with Crippen LogP contribution in [0.5, 0.6) is 0 Å². The highest BCUT2D eigenvalue weighted by molar-refractivity contribution is 6.02. The van der Waals surface area contributed by atoms with Gasteiger partial charge in [-0.25, -0.2) is 4.79 Å². The molecule has 0 fully saturated rings. The van der Waals surface area contributed by atoms with Crippen molar-refractivity contribution in [1.82, 2.24) is 0 Å². The molecule has 1 unspecified atom stereocenters. The first-order valence-corrected chi connectivity index (χ1v) is 11.8. The summed E-state index contributed by atoms with van der Waals surface area (Å²) in [6, 6.07) is 13.3. The topological polar surface area (TPSA) is 81.7 Å². The highest BCUT2D eigenvalue weighted by atomic mass is 35.5. The Morgan fingerprint density at radius 1 is 0.914 bits per heavy atom. The van der Waals surface area contributed by atoms with Crippen LogP contribution in [-0.4, -0.2) is 30.2 Å². The summed E-state index contributed by atoms with van der Waals surface area (Å²) >= 11 is 0. The van der Waals surface area contributed by atoms with Crippen LogP contribution in [0.25, 0.3) is 0 Å². The number of hydrogen-bond acceptors (Lipinski definition) is 3. The maximum Gasteiger partial charge on any atom is 0.323 e. The molecule has 2 amide bonds. The van der Waals surface area contributed by atoms with Crippen LogP contribution in [-0.2, 0) is 4.79 Å². The van der Waals surface area contributed by atoms with E-state index in [1.165, 1.54) is 0 Å². The van der Waals surface area contributed by atoms with Gasteiger partial charge in [-0.3, -0.25) is 4.79 Å². The third-order valence-corrected chi connectivity index (χ3v) is 5.56. The minimum absolute atomic E-state index is 0. The largest absolute Gasteiger partial charge is 0.481 e. The number of amides is 2. The van der Waals surface area contributed by atoms with Crippen molar-refractivity contribution in [2.45, 2.75) is 60.3 Å². The van der Waals surface area contributed by atoms with Crippen LogP contribution in [0.4, 0.5) is 21.9 Å². The van der Waals surface area contributed by atoms with Crippen LogP contribution in [0.3, 0.4) is 0 Å². The Hall–Kier alpha value is -2.44. The van der Waals surface area contributed by atoms with E-state index in [1.54, 1.807) is 0 Å². The lowest BCUT2D eigenvalue weighted by Gasteiger charge is -2.31. The Balaban J connectivity index is 0.00000578. The quantitative estimate of drug-likeness (QED) is 0.282. The number of benzene rings is 2. The number of carboxylic acid groups (broad SMARTS) is 1. The first-order chi connectivity index (χ1) is 15.6. The fraction of sp³-hybridized carbons (Fsp3) is 0.481. The number of aryl methyl sites for hydroxylation is 1. The SMILES string of the molecule is CCC(CC(=O)O)c1ccc(N(CC(C)C)CC(C)C)c(NC(=O)Nc2ccccc2C)c1.Cl.Cl. The minimum Gasteiger partial charge on any atom is -0.481 e. The summed E-state index contributed by atoms with van der Waals surface area (Å²) in [5.74, 6) is -0.0286. The normalized spacial score (nSPS) is 11.3. The number of carbonyl (C=O) groups excluding carboxylic acids is 1. The van der Waals surface area contributed by atoms with Crippen molar-refractivity contribution in [1.29, 1.82) is 0 Å². The molecular weight excluding hydrogens is 485 g/mol. The number of halogens is 2. The van der Waals surface area contributed by atoms with E-state index in [1.807, 2.05) is 56.3 Å². The first-order valence-electron chi connectivity index (χ1n) is 11.8. The third kappa shape index (κ3) is 10.4. The number of aliphatic carboxylic acids is 1. The smallest absolute Gasteiger partial charge is 0.323 e. The zero-order chi connectivity index (χ0) is 24.5. The number of nitrogens with one attached hydrogen (secondary N) is 2. The van der Waals surface area contributed by atoms with Gasteiger partial charge in [-0.2, -0.15) is 0 Å². The van der Waals surface area contributed by atoms with Gasteiger partial charge in [-0.15, -0.1) is 24.8 Å². The van der Waals surface area contributed by atoms with E-state index in [4.69, 9.17) is 0 Å². The highest BCUT2D eigenvalue weighted by Crippen LogP contribution is 2.33. The van der Waals surface area contributed by atoms with Crippen molar-refractivity contribution in [3.63, 3.8) is 0 Å². The molecule has 0 spiro atoms. The summed E-state index contributed by atoms with van der Waals surface area (Å²) in [5, 5.41) is 15.3. The molecule has 35 heavy (non-hydrogen) atoms. The van der Waals surface area contributed by atoms with Crippen LogP contribution < -0.4 is 15.5 Å². The Morgan fingerprint density at radius 2 is 1.49 bits per heavy atom. The van der Waals surface area contributed by atoms with Crippen LogP contribution in [0.1, 0.15) is 64.5 Å². The Kier molecular flexibility index (Phi) is 14.5. The second kappa shape index (κ2) is 15.5. The van der Waals surface area contributed by atoms with Crippen molar-refractivity contribution in [3.8, 4) is 0 Å². The zero-order valence-electron chi connectivity index (χ0n) is 21.6. The standard InChI is InChI=1S/C27H39N3O3.2ClH/c1-7-21(15-26(31)32)22-12-13-25(30(16-18(2)3)17-19(4)5)24(14-22)29-27(33)28-23-11-9-8-10-20(23)6;;/h8-14,18-19,21H,7,15-17H2,1-6H3,(H,31,32)(H2,28,29,33);2*1H. The summed E-state index contributed by atoms with van der Waals surface area (Å²) in [5.41, 5.74) is 4.31. The van der Waals surface area contributed by atoms with Crippen molar-refractivity contribution in [2.75, 3.05) is 28.6 Å². The highest BCUT2D eigenvalue weighted by Gasteiger charge is 2.20. The predicted octanol–water partition coefficient (Wildman–Crippen LogP) is 7.57. The molecule has 0 radical (unpaired) electrons. The van der Waals surface area contributed by atoms with Gasteiger partial charge in [0.1, 0.15) is 0 Å². The van der Waals surface area contributed by atoms with Crippen LogP contribution in [0, 0.1) is 18.8 Å². The summed E-state index contributed by atoms with van der Waals surface area (Å²) in [7, 11) is 0. The van der Waals surface area contributed by atoms with Gasteiger partial charge in [0.2, 0.25) is 0 Å². The lowest BCUT2D eigenvalue weighted by atomic mass is 9.92.